The Balaban J connectivity index is 1.64. The number of anilines is 1. The molecule has 7 nitrogen and oxygen atoms in total. The van der Waals surface area contributed by atoms with Crippen LogP contribution < -0.4 is 20.1 Å². The highest BCUT2D eigenvalue weighted by atomic mass is 16.5. The lowest BCUT2D eigenvalue weighted by atomic mass is 10.1. The Morgan fingerprint density at radius 2 is 1.90 bits per heavy atom. The molecule has 3 rings (SSSR count). The molecule has 2 aromatic carbocycles. The van der Waals surface area contributed by atoms with Crippen LogP contribution in [-0.2, 0) is 17.7 Å². The van der Waals surface area contributed by atoms with Crippen LogP contribution >= 0.6 is 0 Å². The quantitative estimate of drug-likeness (QED) is 0.739. The number of benzene rings is 2. The summed E-state index contributed by atoms with van der Waals surface area (Å²) in [5.41, 5.74) is 3.04. The monoisotopic (exact) mass is 398 g/mol. The average molecular weight is 398 g/mol. The van der Waals surface area contributed by atoms with Crippen LogP contribution in [0.4, 0.5) is 10.5 Å². The van der Waals surface area contributed by atoms with Crippen LogP contribution in [0.25, 0.3) is 0 Å². The van der Waals surface area contributed by atoms with Crippen molar-refractivity contribution in [3.05, 3.63) is 53.1 Å². The van der Waals surface area contributed by atoms with Crippen molar-refractivity contribution >= 4 is 17.7 Å². The summed E-state index contributed by atoms with van der Waals surface area (Å²) < 4.78 is 16.4. The molecule has 1 aliphatic heterocycles. The number of ether oxygens (including phenoxy) is 3. The van der Waals surface area contributed by atoms with Gasteiger partial charge in [0.15, 0.2) is 0 Å². The van der Waals surface area contributed by atoms with Crippen molar-refractivity contribution in [2.24, 2.45) is 0 Å². The second kappa shape index (κ2) is 9.32. The standard InChI is InChI=1S/C22H26N2O5/c1-4-27-19-11-16-10-14(3)29-20(16)12-17(19)13-23-21(25)15-6-8-18(9-7-15)24-22(26)28-5-2/h6-9,11-12,14H,4-5,10,13H2,1-3H3,(H,23,25)(H,24,26)/t14-/m1/s1. The first-order chi connectivity index (χ1) is 14.0. The van der Waals surface area contributed by atoms with Gasteiger partial charge in [-0.1, -0.05) is 0 Å². The van der Waals surface area contributed by atoms with Crippen LogP contribution in [0.2, 0.25) is 0 Å². The van der Waals surface area contributed by atoms with Crippen molar-refractivity contribution in [2.75, 3.05) is 18.5 Å². The Hall–Kier alpha value is -3.22. The number of rotatable bonds is 7. The lowest BCUT2D eigenvalue weighted by Gasteiger charge is -2.13. The molecule has 0 fully saturated rings. The zero-order valence-electron chi connectivity index (χ0n) is 16.9. The van der Waals surface area contributed by atoms with Crippen LogP contribution in [0, 0.1) is 0 Å². The van der Waals surface area contributed by atoms with Crippen molar-refractivity contribution in [1.29, 1.82) is 0 Å². The predicted molar refractivity (Wildman–Crippen MR) is 110 cm³/mol. The first-order valence-electron chi connectivity index (χ1n) is 9.77. The fourth-order valence-corrected chi connectivity index (χ4v) is 3.18. The van der Waals surface area contributed by atoms with Crippen LogP contribution in [0.15, 0.2) is 36.4 Å². The number of nitrogens with one attached hydrogen (secondary N) is 2. The molecule has 29 heavy (non-hydrogen) atoms. The first kappa shape index (κ1) is 20.5. The van der Waals surface area contributed by atoms with Crippen LogP contribution in [0.5, 0.6) is 11.5 Å². The van der Waals surface area contributed by atoms with E-state index in [2.05, 4.69) is 10.6 Å². The number of hydrogen-bond donors (Lipinski definition) is 2. The van der Waals surface area contributed by atoms with Gasteiger partial charge in [-0.2, -0.15) is 0 Å². The Labute approximate surface area is 170 Å². The summed E-state index contributed by atoms with van der Waals surface area (Å²) in [5.74, 6) is 1.39. The maximum absolute atomic E-state index is 12.5. The number of amides is 2. The number of fused-ring (bicyclic) bond motifs is 1. The van der Waals surface area contributed by atoms with Gasteiger partial charge < -0.3 is 19.5 Å². The second-order valence-electron chi connectivity index (χ2n) is 6.74. The molecule has 1 atom stereocenters. The fraction of sp³-hybridized carbons (Fsp3) is 0.364. The molecule has 1 aliphatic rings. The molecule has 1 heterocycles. The highest BCUT2D eigenvalue weighted by Gasteiger charge is 2.22. The van der Waals surface area contributed by atoms with Gasteiger partial charge in [-0.3, -0.25) is 10.1 Å². The molecule has 0 unspecified atom stereocenters. The van der Waals surface area contributed by atoms with E-state index in [4.69, 9.17) is 14.2 Å². The summed E-state index contributed by atoms with van der Waals surface area (Å²) in [5, 5.41) is 5.50. The van der Waals surface area contributed by atoms with Crippen LogP contribution in [-0.4, -0.2) is 31.3 Å². The van der Waals surface area contributed by atoms with Gasteiger partial charge in [-0.15, -0.1) is 0 Å². The molecular weight excluding hydrogens is 372 g/mol. The van der Waals surface area contributed by atoms with E-state index < -0.39 is 6.09 Å². The van der Waals surface area contributed by atoms with E-state index in [-0.39, 0.29) is 12.0 Å². The molecule has 2 N–H and O–H groups in total. The van der Waals surface area contributed by atoms with Gasteiger partial charge in [0.05, 0.1) is 13.2 Å². The Bertz CT molecular complexity index is 880. The third-order valence-electron chi connectivity index (χ3n) is 4.49. The van der Waals surface area contributed by atoms with Gasteiger partial charge in [-0.25, -0.2) is 4.79 Å². The lowest BCUT2D eigenvalue weighted by molar-refractivity contribution is 0.0950. The van der Waals surface area contributed by atoms with Crippen molar-refractivity contribution < 1.29 is 23.8 Å². The summed E-state index contributed by atoms with van der Waals surface area (Å²) in [6.45, 7) is 6.86. The number of carbonyl (C=O) groups excluding carboxylic acids is 2. The molecule has 2 amide bonds. The normalized spacial score (nSPS) is 14.5. The SMILES string of the molecule is CCOC(=O)Nc1ccc(C(=O)NCc2cc3c(cc2OCC)C[C@@H](C)O3)cc1. The molecule has 0 spiro atoms. The van der Waals surface area contributed by atoms with Gasteiger partial charge >= 0.3 is 6.09 Å². The molecule has 0 aromatic heterocycles. The van der Waals surface area contributed by atoms with E-state index in [1.165, 1.54) is 0 Å². The highest BCUT2D eigenvalue weighted by Crippen LogP contribution is 2.35. The van der Waals surface area contributed by atoms with E-state index in [0.29, 0.717) is 31.0 Å². The summed E-state index contributed by atoms with van der Waals surface area (Å²) in [4.78, 5) is 24.0. The largest absolute Gasteiger partial charge is 0.494 e. The Morgan fingerprint density at radius 3 is 2.59 bits per heavy atom. The van der Waals surface area contributed by atoms with Gasteiger partial charge in [-0.05, 0) is 57.2 Å². The fourth-order valence-electron chi connectivity index (χ4n) is 3.18. The summed E-state index contributed by atoms with van der Waals surface area (Å²) >= 11 is 0. The summed E-state index contributed by atoms with van der Waals surface area (Å²) in [7, 11) is 0. The summed E-state index contributed by atoms with van der Waals surface area (Å²) in [6.07, 6.45) is 0.473. The zero-order valence-corrected chi connectivity index (χ0v) is 16.9. The minimum absolute atomic E-state index is 0.144. The molecule has 0 bridgehead atoms. The smallest absolute Gasteiger partial charge is 0.411 e. The van der Waals surface area contributed by atoms with E-state index in [1.807, 2.05) is 26.0 Å². The molecule has 7 heteroatoms. The minimum Gasteiger partial charge on any atom is -0.494 e. The van der Waals surface area contributed by atoms with Gasteiger partial charge in [0.1, 0.15) is 17.6 Å². The summed E-state index contributed by atoms with van der Waals surface area (Å²) in [6, 6.07) is 10.5. The second-order valence-corrected chi connectivity index (χ2v) is 6.74. The van der Waals surface area contributed by atoms with Crippen molar-refractivity contribution in [3.63, 3.8) is 0 Å². The van der Waals surface area contributed by atoms with E-state index in [9.17, 15) is 9.59 Å². The van der Waals surface area contributed by atoms with E-state index in [1.54, 1.807) is 31.2 Å². The Kier molecular flexibility index (Phi) is 6.59. The third kappa shape index (κ3) is 5.19. The van der Waals surface area contributed by atoms with Gasteiger partial charge in [0.2, 0.25) is 0 Å². The van der Waals surface area contributed by atoms with Crippen LogP contribution in [0.1, 0.15) is 42.3 Å². The molecule has 0 radical (unpaired) electrons. The topological polar surface area (TPSA) is 85.9 Å². The average Bonchev–Trinajstić information content (AvgIpc) is 3.05. The zero-order chi connectivity index (χ0) is 20.8. The number of hydrogen-bond acceptors (Lipinski definition) is 5. The third-order valence-corrected chi connectivity index (χ3v) is 4.49. The Morgan fingerprint density at radius 1 is 1.14 bits per heavy atom. The van der Waals surface area contributed by atoms with E-state index in [0.717, 1.165) is 29.0 Å². The van der Waals surface area contributed by atoms with Crippen LogP contribution in [0.3, 0.4) is 0 Å². The van der Waals surface area contributed by atoms with Crippen molar-refractivity contribution in [2.45, 2.75) is 39.8 Å². The first-order valence-corrected chi connectivity index (χ1v) is 9.77. The molecule has 0 saturated heterocycles. The van der Waals surface area contributed by atoms with Crippen molar-refractivity contribution in [3.8, 4) is 11.5 Å². The van der Waals surface area contributed by atoms with Crippen molar-refractivity contribution in [1.82, 2.24) is 5.32 Å². The predicted octanol–water partition coefficient (Wildman–Crippen LogP) is 3.91. The van der Waals surface area contributed by atoms with Gasteiger partial charge in [0, 0.05) is 35.3 Å². The number of carbonyl (C=O) groups is 2. The molecule has 0 aliphatic carbocycles. The maximum Gasteiger partial charge on any atom is 0.411 e. The minimum atomic E-state index is -0.527. The van der Waals surface area contributed by atoms with E-state index >= 15 is 0 Å². The highest BCUT2D eigenvalue weighted by molar-refractivity contribution is 5.95. The molecule has 2 aromatic rings. The van der Waals surface area contributed by atoms with Gasteiger partial charge in [0.25, 0.3) is 5.91 Å². The molecule has 154 valence electrons. The lowest BCUT2D eigenvalue weighted by Crippen LogP contribution is -2.23. The molecular formula is C22H26N2O5. The maximum atomic E-state index is 12.5. The molecule has 0 saturated carbocycles.